The number of fused-ring (bicyclic) bond motifs is 1. The number of H-pyrrole nitrogens is 1. The van der Waals surface area contributed by atoms with Crippen molar-refractivity contribution in [3.05, 3.63) is 41.8 Å². The average Bonchev–Trinajstić information content (AvgIpc) is 3.11. The van der Waals surface area contributed by atoms with Gasteiger partial charge in [-0.1, -0.05) is 17.3 Å². The van der Waals surface area contributed by atoms with Crippen LogP contribution < -0.4 is 5.73 Å². The van der Waals surface area contributed by atoms with Crippen molar-refractivity contribution >= 4 is 11.0 Å². The zero-order chi connectivity index (χ0) is 14.7. The maximum Gasteiger partial charge on any atom is 0.243 e. The highest BCUT2D eigenvalue weighted by Crippen LogP contribution is 2.15. The van der Waals surface area contributed by atoms with Crippen LogP contribution in [0.4, 0.5) is 0 Å². The van der Waals surface area contributed by atoms with Crippen LogP contribution in [-0.4, -0.2) is 33.8 Å². The van der Waals surface area contributed by atoms with E-state index in [1.807, 2.05) is 24.3 Å². The van der Waals surface area contributed by atoms with Crippen LogP contribution in [0.3, 0.4) is 0 Å². The lowest BCUT2D eigenvalue weighted by Gasteiger charge is -2.04. The molecule has 0 fully saturated rings. The molecule has 0 saturated heterocycles. The number of hydrogen-bond acceptors (Lipinski definition) is 6. The van der Waals surface area contributed by atoms with Gasteiger partial charge in [-0.15, -0.1) is 0 Å². The quantitative estimate of drug-likeness (QED) is 0.713. The molecule has 0 aliphatic rings. The van der Waals surface area contributed by atoms with E-state index in [1.54, 1.807) is 7.11 Å². The summed E-state index contributed by atoms with van der Waals surface area (Å²) in [5.74, 6) is 1.80. The zero-order valence-corrected chi connectivity index (χ0v) is 11.7. The van der Waals surface area contributed by atoms with E-state index in [2.05, 4.69) is 20.1 Å². The minimum absolute atomic E-state index is 0.304. The molecule has 2 heterocycles. The molecule has 1 aromatic carbocycles. The summed E-state index contributed by atoms with van der Waals surface area (Å²) >= 11 is 0. The zero-order valence-electron chi connectivity index (χ0n) is 11.7. The van der Waals surface area contributed by atoms with Crippen LogP contribution in [0.2, 0.25) is 0 Å². The second-order valence-corrected chi connectivity index (χ2v) is 4.81. The van der Waals surface area contributed by atoms with E-state index >= 15 is 0 Å². The van der Waals surface area contributed by atoms with Crippen LogP contribution >= 0.6 is 0 Å². The van der Waals surface area contributed by atoms with Crippen molar-refractivity contribution < 1.29 is 9.26 Å². The third-order valence-electron chi connectivity index (χ3n) is 3.20. The number of aromatic nitrogens is 4. The van der Waals surface area contributed by atoms with Crippen LogP contribution in [0, 0.1) is 0 Å². The Bertz CT molecular complexity index is 688. The fourth-order valence-corrected chi connectivity index (χ4v) is 2.10. The topological polar surface area (TPSA) is 103 Å². The summed E-state index contributed by atoms with van der Waals surface area (Å²) in [6, 6.07) is 7.55. The number of rotatable bonds is 6. The van der Waals surface area contributed by atoms with E-state index in [4.69, 9.17) is 15.0 Å². The molecule has 1 unspecified atom stereocenters. The summed E-state index contributed by atoms with van der Waals surface area (Å²) in [4.78, 5) is 12.0. The van der Waals surface area contributed by atoms with Gasteiger partial charge in [0.25, 0.3) is 0 Å². The van der Waals surface area contributed by atoms with Gasteiger partial charge in [-0.05, 0) is 18.6 Å². The minimum atomic E-state index is -0.304. The molecule has 2 aromatic heterocycles. The van der Waals surface area contributed by atoms with Crippen LogP contribution in [0.15, 0.2) is 28.8 Å². The molecule has 110 valence electrons. The van der Waals surface area contributed by atoms with Gasteiger partial charge < -0.3 is 20.0 Å². The molecule has 0 aliphatic carbocycles. The second kappa shape index (κ2) is 6.02. The Hall–Kier alpha value is -2.25. The Balaban J connectivity index is 1.71. The number of methoxy groups -OCH3 is 1. The van der Waals surface area contributed by atoms with E-state index in [-0.39, 0.29) is 6.04 Å². The number of aromatic amines is 1. The smallest absolute Gasteiger partial charge is 0.243 e. The van der Waals surface area contributed by atoms with E-state index in [0.717, 1.165) is 16.9 Å². The standard InChI is InChI=1S/C14H17N5O2/c1-20-7-6-9(15)14-18-13(19-21-14)8-12-16-10-4-2-3-5-11(10)17-12/h2-5,9H,6-8,15H2,1H3,(H,16,17). The molecule has 0 bridgehead atoms. The molecule has 3 N–H and O–H groups in total. The maximum absolute atomic E-state index is 5.95. The number of nitrogens with one attached hydrogen (secondary N) is 1. The Kier molecular flexibility index (Phi) is 3.94. The van der Waals surface area contributed by atoms with Crippen molar-refractivity contribution in [1.29, 1.82) is 0 Å². The molecule has 21 heavy (non-hydrogen) atoms. The molecule has 0 aliphatic heterocycles. The number of hydrogen-bond donors (Lipinski definition) is 2. The van der Waals surface area contributed by atoms with Crippen LogP contribution in [0.25, 0.3) is 11.0 Å². The molecular formula is C14H17N5O2. The van der Waals surface area contributed by atoms with Gasteiger partial charge in [0, 0.05) is 13.7 Å². The normalized spacial score (nSPS) is 12.9. The van der Waals surface area contributed by atoms with Crippen molar-refractivity contribution in [3.63, 3.8) is 0 Å². The van der Waals surface area contributed by atoms with Gasteiger partial charge in [0.2, 0.25) is 5.89 Å². The SMILES string of the molecule is COCCC(N)c1nc(Cc2nc3ccccc3[nH]2)no1. The predicted octanol–water partition coefficient (Wildman–Crippen LogP) is 1.57. The van der Waals surface area contributed by atoms with Gasteiger partial charge in [-0.25, -0.2) is 4.98 Å². The molecule has 7 heteroatoms. The first-order valence-corrected chi connectivity index (χ1v) is 6.77. The van der Waals surface area contributed by atoms with E-state index in [0.29, 0.717) is 31.2 Å². The Labute approximate surface area is 121 Å². The highest BCUT2D eigenvalue weighted by Gasteiger charge is 2.15. The molecule has 1 atom stereocenters. The molecule has 0 amide bonds. The van der Waals surface area contributed by atoms with Crippen molar-refractivity contribution in [2.75, 3.05) is 13.7 Å². The summed E-state index contributed by atoms with van der Waals surface area (Å²) in [6.07, 6.45) is 1.12. The highest BCUT2D eigenvalue weighted by atomic mass is 16.5. The van der Waals surface area contributed by atoms with Gasteiger partial charge in [-0.3, -0.25) is 0 Å². The Morgan fingerprint density at radius 1 is 1.33 bits per heavy atom. The van der Waals surface area contributed by atoms with E-state index in [1.165, 1.54) is 0 Å². The van der Waals surface area contributed by atoms with Crippen molar-refractivity contribution in [3.8, 4) is 0 Å². The Morgan fingerprint density at radius 2 is 2.19 bits per heavy atom. The first kappa shape index (κ1) is 13.7. The van der Waals surface area contributed by atoms with Gasteiger partial charge in [0.15, 0.2) is 5.82 Å². The molecule has 3 rings (SSSR count). The number of ether oxygens (including phenoxy) is 1. The van der Waals surface area contributed by atoms with Crippen molar-refractivity contribution in [2.24, 2.45) is 5.73 Å². The summed E-state index contributed by atoms with van der Waals surface area (Å²) in [7, 11) is 1.63. The average molecular weight is 287 g/mol. The van der Waals surface area contributed by atoms with Crippen LogP contribution in [-0.2, 0) is 11.2 Å². The number of nitrogens with zero attached hydrogens (tertiary/aromatic N) is 3. The van der Waals surface area contributed by atoms with Gasteiger partial charge in [-0.2, -0.15) is 4.98 Å². The third-order valence-corrected chi connectivity index (χ3v) is 3.20. The van der Waals surface area contributed by atoms with Gasteiger partial charge in [0.05, 0.1) is 23.5 Å². The summed E-state index contributed by atoms with van der Waals surface area (Å²) < 4.78 is 10.2. The first-order valence-electron chi connectivity index (χ1n) is 6.77. The second-order valence-electron chi connectivity index (χ2n) is 4.81. The minimum Gasteiger partial charge on any atom is -0.385 e. The lowest BCUT2D eigenvalue weighted by Crippen LogP contribution is -2.13. The molecule has 3 aromatic rings. The molecule has 0 spiro atoms. The monoisotopic (exact) mass is 287 g/mol. The third kappa shape index (κ3) is 3.09. The first-order chi connectivity index (χ1) is 10.3. The fourth-order valence-electron chi connectivity index (χ4n) is 2.10. The molecular weight excluding hydrogens is 270 g/mol. The number of nitrogens with two attached hydrogens (primary N) is 1. The summed E-state index contributed by atoms with van der Waals surface area (Å²) in [5, 5.41) is 3.94. The number of para-hydroxylation sites is 2. The predicted molar refractivity (Wildman–Crippen MR) is 76.6 cm³/mol. The molecule has 7 nitrogen and oxygen atoms in total. The fraction of sp³-hybridized carbons (Fsp3) is 0.357. The van der Waals surface area contributed by atoms with Crippen molar-refractivity contribution in [1.82, 2.24) is 20.1 Å². The molecule has 0 saturated carbocycles. The lowest BCUT2D eigenvalue weighted by molar-refractivity contribution is 0.182. The largest absolute Gasteiger partial charge is 0.385 e. The van der Waals surface area contributed by atoms with Crippen molar-refractivity contribution in [2.45, 2.75) is 18.9 Å². The van der Waals surface area contributed by atoms with Gasteiger partial charge in [0.1, 0.15) is 5.82 Å². The van der Waals surface area contributed by atoms with E-state index in [9.17, 15) is 0 Å². The number of benzene rings is 1. The number of imidazole rings is 1. The van der Waals surface area contributed by atoms with Gasteiger partial charge >= 0.3 is 0 Å². The summed E-state index contributed by atoms with van der Waals surface area (Å²) in [5.41, 5.74) is 7.87. The lowest BCUT2D eigenvalue weighted by atomic mass is 10.2. The van der Waals surface area contributed by atoms with E-state index < -0.39 is 0 Å². The maximum atomic E-state index is 5.95. The summed E-state index contributed by atoms with van der Waals surface area (Å²) in [6.45, 7) is 0.558. The van der Waals surface area contributed by atoms with Crippen LogP contribution in [0.5, 0.6) is 0 Å². The highest BCUT2D eigenvalue weighted by molar-refractivity contribution is 5.74. The molecule has 0 radical (unpaired) electrons. The Morgan fingerprint density at radius 3 is 3.00 bits per heavy atom. The van der Waals surface area contributed by atoms with Crippen LogP contribution in [0.1, 0.15) is 30.0 Å².